The van der Waals surface area contributed by atoms with Crippen molar-refractivity contribution in [1.29, 1.82) is 0 Å². The predicted octanol–water partition coefficient (Wildman–Crippen LogP) is 3.82. The number of halogens is 1. The van der Waals surface area contributed by atoms with Gasteiger partial charge in [-0.15, -0.1) is 0 Å². The van der Waals surface area contributed by atoms with Crippen molar-refractivity contribution >= 4 is 58.8 Å². The minimum absolute atomic E-state index is 0.100. The summed E-state index contributed by atoms with van der Waals surface area (Å²) in [5, 5.41) is 10.7. The first-order valence-electron chi connectivity index (χ1n) is 13.1. The summed E-state index contributed by atoms with van der Waals surface area (Å²) in [5.74, 6) is 10.4. The first kappa shape index (κ1) is 29.3. The van der Waals surface area contributed by atoms with Crippen LogP contribution < -0.4 is 32.2 Å². The first-order valence-corrected chi connectivity index (χ1v) is 13.5. The average Bonchev–Trinajstić information content (AvgIpc) is 2.97. The Balaban J connectivity index is 1.48. The van der Waals surface area contributed by atoms with Crippen molar-refractivity contribution in [3.8, 4) is 0 Å². The Kier molecular flexibility index (Phi) is 10.1. The summed E-state index contributed by atoms with van der Waals surface area (Å²) in [6.07, 6.45) is 6.75. The van der Waals surface area contributed by atoms with Crippen LogP contribution in [-0.4, -0.2) is 36.6 Å². The summed E-state index contributed by atoms with van der Waals surface area (Å²) in [7, 11) is 0. The molecule has 1 aliphatic rings. The molecule has 6 N–H and O–H groups in total. The zero-order valence-electron chi connectivity index (χ0n) is 22.4. The maximum atomic E-state index is 13.3. The molecule has 0 spiro atoms. The van der Waals surface area contributed by atoms with Crippen LogP contribution in [-0.2, 0) is 20.8 Å². The number of hydrogen-bond donors (Lipinski definition) is 4. The van der Waals surface area contributed by atoms with E-state index in [9.17, 15) is 14.4 Å². The summed E-state index contributed by atoms with van der Waals surface area (Å²) in [6, 6.07) is 20.6. The molecular formula is C30H32ClN7O3. The third kappa shape index (κ3) is 8.17. The Hall–Kier alpha value is -4.67. The molecule has 1 heterocycles. The van der Waals surface area contributed by atoms with Crippen molar-refractivity contribution < 1.29 is 14.4 Å². The predicted molar refractivity (Wildman–Crippen MR) is 163 cm³/mol. The monoisotopic (exact) mass is 573 g/mol. The van der Waals surface area contributed by atoms with Crippen LogP contribution in [0.15, 0.2) is 84.0 Å². The van der Waals surface area contributed by atoms with Crippen LogP contribution in [0, 0.1) is 0 Å². The van der Waals surface area contributed by atoms with Crippen molar-refractivity contribution in [1.82, 2.24) is 5.32 Å². The van der Waals surface area contributed by atoms with Gasteiger partial charge in [0, 0.05) is 47.4 Å². The second-order valence-corrected chi connectivity index (χ2v) is 9.93. The topological polar surface area (TPSA) is 146 Å². The van der Waals surface area contributed by atoms with E-state index in [0.29, 0.717) is 34.9 Å². The van der Waals surface area contributed by atoms with E-state index in [0.717, 1.165) is 24.1 Å². The van der Waals surface area contributed by atoms with Crippen molar-refractivity contribution in [2.24, 2.45) is 16.8 Å². The lowest BCUT2D eigenvalue weighted by atomic mass is 10.0. The number of nitrogens with zero attached hydrogens (tertiary/aromatic N) is 3. The molecule has 0 aliphatic carbocycles. The Morgan fingerprint density at radius 1 is 1.07 bits per heavy atom. The molecule has 0 radical (unpaired) electrons. The maximum Gasteiger partial charge on any atom is 0.247 e. The number of nitrogens with one attached hydrogen (secondary N) is 2. The van der Waals surface area contributed by atoms with Gasteiger partial charge < -0.3 is 21.4 Å². The van der Waals surface area contributed by atoms with E-state index < -0.39 is 11.9 Å². The highest BCUT2D eigenvalue weighted by molar-refractivity contribution is 6.30. The van der Waals surface area contributed by atoms with Crippen LogP contribution in [0.25, 0.3) is 6.08 Å². The quantitative estimate of drug-likeness (QED) is 0.0953. The molecule has 10 nitrogen and oxygen atoms in total. The highest BCUT2D eigenvalue weighted by atomic mass is 35.5. The van der Waals surface area contributed by atoms with E-state index in [-0.39, 0.29) is 18.2 Å². The van der Waals surface area contributed by atoms with E-state index in [1.165, 1.54) is 17.4 Å². The third-order valence-electron chi connectivity index (χ3n) is 6.56. The SMILES string of the molecule is N/N=C\N(N)c1ccc(Cl)cc1/C=C/C(=O)N[C@@H](Cc1ccccc1)C(=O)Nc1ccc(N2CCCCC2=O)cc1. The number of benzene rings is 3. The molecule has 1 fully saturated rings. The Bertz CT molecular complexity index is 1430. The molecule has 1 aliphatic heterocycles. The number of amides is 3. The summed E-state index contributed by atoms with van der Waals surface area (Å²) in [6.45, 7) is 0.684. The number of nitrogens with two attached hydrogens (primary N) is 2. The maximum absolute atomic E-state index is 13.3. The molecular weight excluding hydrogens is 542 g/mol. The second-order valence-electron chi connectivity index (χ2n) is 9.50. The van der Waals surface area contributed by atoms with Gasteiger partial charge in [0.15, 0.2) is 0 Å². The average molecular weight is 574 g/mol. The highest BCUT2D eigenvalue weighted by Gasteiger charge is 2.22. The van der Waals surface area contributed by atoms with Gasteiger partial charge in [0.1, 0.15) is 12.4 Å². The molecule has 1 atom stereocenters. The Morgan fingerprint density at radius 2 is 1.83 bits per heavy atom. The van der Waals surface area contributed by atoms with Gasteiger partial charge in [-0.25, -0.2) is 5.84 Å². The molecule has 1 saturated heterocycles. The van der Waals surface area contributed by atoms with Crippen molar-refractivity contribution in [3.63, 3.8) is 0 Å². The number of piperidine rings is 1. The van der Waals surface area contributed by atoms with Crippen LogP contribution in [0.3, 0.4) is 0 Å². The fourth-order valence-corrected chi connectivity index (χ4v) is 4.69. The molecule has 41 heavy (non-hydrogen) atoms. The molecule has 0 unspecified atom stereocenters. The minimum Gasteiger partial charge on any atom is -0.340 e. The molecule has 0 aromatic heterocycles. The van der Waals surface area contributed by atoms with Gasteiger partial charge in [-0.1, -0.05) is 41.9 Å². The van der Waals surface area contributed by atoms with Gasteiger partial charge in [-0.2, -0.15) is 5.10 Å². The van der Waals surface area contributed by atoms with Crippen molar-refractivity contribution in [3.05, 3.63) is 95.0 Å². The Morgan fingerprint density at radius 3 is 2.54 bits per heavy atom. The second kappa shape index (κ2) is 14.1. The van der Waals surface area contributed by atoms with Crippen LogP contribution >= 0.6 is 11.6 Å². The summed E-state index contributed by atoms with van der Waals surface area (Å²) < 4.78 is 0. The molecule has 3 aromatic carbocycles. The fourth-order valence-electron chi connectivity index (χ4n) is 4.51. The molecule has 11 heteroatoms. The number of rotatable bonds is 10. The van der Waals surface area contributed by atoms with E-state index in [4.69, 9.17) is 23.3 Å². The molecule has 3 aromatic rings. The fraction of sp³-hybridized carbons (Fsp3) is 0.200. The van der Waals surface area contributed by atoms with E-state index in [1.54, 1.807) is 41.3 Å². The normalized spacial score (nSPS) is 14.3. The first-order chi connectivity index (χ1) is 19.8. The van der Waals surface area contributed by atoms with Crippen molar-refractivity contribution in [2.75, 3.05) is 21.8 Å². The largest absolute Gasteiger partial charge is 0.340 e. The number of anilines is 3. The number of hydrogen-bond acceptors (Lipinski definition) is 6. The van der Waals surface area contributed by atoms with Gasteiger partial charge in [0.2, 0.25) is 17.7 Å². The van der Waals surface area contributed by atoms with Gasteiger partial charge in [-0.3, -0.25) is 19.4 Å². The van der Waals surface area contributed by atoms with Crippen LogP contribution in [0.5, 0.6) is 0 Å². The smallest absolute Gasteiger partial charge is 0.247 e. The lowest BCUT2D eigenvalue weighted by Gasteiger charge is -2.27. The highest BCUT2D eigenvalue weighted by Crippen LogP contribution is 2.24. The van der Waals surface area contributed by atoms with E-state index in [2.05, 4.69) is 15.7 Å². The standard InChI is InChI=1S/C30H32ClN7O3/c31-23-10-15-27(38(33)20-34-32)22(19-23)9-16-28(39)36-26(18-21-6-2-1-3-7-21)30(41)35-24-11-13-25(14-12-24)37-17-5-4-8-29(37)40/h1-3,6-7,9-16,19-20,26H,4-5,8,17-18,32-33H2,(H,35,41)(H,36,39)/b16-9+,34-20-/t26-/m0/s1. The number of hydrazine groups is 1. The summed E-state index contributed by atoms with van der Waals surface area (Å²) in [5.41, 5.74) is 3.29. The molecule has 0 saturated carbocycles. The van der Waals surface area contributed by atoms with Crippen LogP contribution in [0.4, 0.5) is 17.1 Å². The summed E-state index contributed by atoms with van der Waals surface area (Å²) >= 11 is 6.14. The third-order valence-corrected chi connectivity index (χ3v) is 6.79. The lowest BCUT2D eigenvalue weighted by Crippen LogP contribution is -2.44. The molecule has 0 bridgehead atoms. The number of carbonyl (C=O) groups is 3. The number of carbonyl (C=O) groups excluding carboxylic acids is 3. The zero-order valence-corrected chi connectivity index (χ0v) is 23.1. The Labute approximate surface area is 243 Å². The van der Waals surface area contributed by atoms with Crippen molar-refractivity contribution in [2.45, 2.75) is 31.7 Å². The molecule has 212 valence electrons. The van der Waals surface area contributed by atoms with Gasteiger partial charge >= 0.3 is 0 Å². The summed E-state index contributed by atoms with van der Waals surface area (Å²) in [4.78, 5) is 40.3. The van der Waals surface area contributed by atoms with Crippen LogP contribution in [0.1, 0.15) is 30.4 Å². The minimum atomic E-state index is -0.868. The molecule has 3 amide bonds. The number of hydrazone groups is 1. The van der Waals surface area contributed by atoms with Gasteiger partial charge in [0.05, 0.1) is 5.69 Å². The van der Waals surface area contributed by atoms with Crippen LogP contribution in [0.2, 0.25) is 5.02 Å². The molecule has 4 rings (SSSR count). The lowest BCUT2D eigenvalue weighted by molar-refractivity contribution is -0.123. The van der Waals surface area contributed by atoms with Gasteiger partial charge in [-0.05, 0) is 66.9 Å². The van der Waals surface area contributed by atoms with E-state index in [1.807, 2.05) is 42.5 Å². The zero-order chi connectivity index (χ0) is 29.2. The van der Waals surface area contributed by atoms with Gasteiger partial charge in [0.25, 0.3) is 0 Å². The van der Waals surface area contributed by atoms with E-state index >= 15 is 0 Å².